The smallest absolute Gasteiger partial charge is 0.303 e. The van der Waals surface area contributed by atoms with Crippen LogP contribution in [-0.2, 0) is 13.6 Å². The largest absolute Gasteiger partial charge is 0.329 e. The van der Waals surface area contributed by atoms with E-state index in [-0.39, 0.29) is 5.92 Å². The second-order valence-corrected chi connectivity index (χ2v) is 6.09. The first-order valence-electron chi connectivity index (χ1n) is 7.86. The van der Waals surface area contributed by atoms with Crippen LogP contribution in [0.4, 0.5) is 5.95 Å². The number of rotatable bonds is 5. The standard InChI is InChI=1S/C16H19N7O2/c1-10(2)9-23-12-13(22(3)16(25)20-14(12)24)19-15(23)21-18-8-11-5-4-6-17-7-11/h4-8,10H,9H2,1-3H3,(H,19,21)(H,20,24,25)/b18-8-. The number of imidazole rings is 1. The van der Waals surface area contributed by atoms with Crippen LogP contribution in [0.3, 0.4) is 0 Å². The fraction of sp³-hybridized carbons (Fsp3) is 0.312. The van der Waals surface area contributed by atoms with E-state index < -0.39 is 11.2 Å². The van der Waals surface area contributed by atoms with Gasteiger partial charge in [0, 0.05) is 31.5 Å². The molecule has 0 amide bonds. The van der Waals surface area contributed by atoms with Gasteiger partial charge < -0.3 is 4.57 Å². The number of hydrogen-bond donors (Lipinski definition) is 2. The van der Waals surface area contributed by atoms with Gasteiger partial charge in [-0.1, -0.05) is 19.9 Å². The first-order valence-corrected chi connectivity index (χ1v) is 7.86. The molecule has 0 bridgehead atoms. The molecule has 0 saturated heterocycles. The Bertz CT molecular complexity index is 1030. The van der Waals surface area contributed by atoms with E-state index in [4.69, 9.17) is 0 Å². The number of hydrazone groups is 1. The predicted octanol–water partition coefficient (Wildman–Crippen LogP) is 0.920. The monoisotopic (exact) mass is 341 g/mol. The van der Waals surface area contributed by atoms with Gasteiger partial charge in [-0.3, -0.25) is 19.3 Å². The zero-order valence-corrected chi connectivity index (χ0v) is 14.2. The lowest BCUT2D eigenvalue weighted by Crippen LogP contribution is -2.29. The molecular formula is C16H19N7O2. The van der Waals surface area contributed by atoms with Gasteiger partial charge in [-0.05, 0) is 12.0 Å². The predicted molar refractivity (Wildman–Crippen MR) is 95.9 cm³/mol. The van der Waals surface area contributed by atoms with Gasteiger partial charge in [0.05, 0.1) is 6.21 Å². The highest BCUT2D eigenvalue weighted by Crippen LogP contribution is 2.17. The van der Waals surface area contributed by atoms with Crippen molar-refractivity contribution in [3.8, 4) is 0 Å². The molecule has 3 heterocycles. The van der Waals surface area contributed by atoms with Crippen molar-refractivity contribution in [3.05, 3.63) is 50.9 Å². The molecule has 0 aliphatic carbocycles. The van der Waals surface area contributed by atoms with Crippen molar-refractivity contribution >= 4 is 23.3 Å². The number of H-pyrrole nitrogens is 1. The second kappa shape index (κ2) is 6.71. The number of hydrogen-bond acceptors (Lipinski definition) is 6. The van der Waals surface area contributed by atoms with E-state index >= 15 is 0 Å². The van der Waals surface area contributed by atoms with Gasteiger partial charge in [0.25, 0.3) is 5.56 Å². The molecule has 130 valence electrons. The van der Waals surface area contributed by atoms with Crippen LogP contribution >= 0.6 is 0 Å². The summed E-state index contributed by atoms with van der Waals surface area (Å²) in [5.41, 5.74) is 3.37. The maximum Gasteiger partial charge on any atom is 0.329 e. The van der Waals surface area contributed by atoms with E-state index in [0.717, 1.165) is 5.56 Å². The van der Waals surface area contributed by atoms with Gasteiger partial charge in [-0.25, -0.2) is 10.2 Å². The molecule has 3 aromatic rings. The lowest BCUT2D eigenvalue weighted by Gasteiger charge is -2.10. The van der Waals surface area contributed by atoms with Crippen LogP contribution in [0.15, 0.2) is 39.2 Å². The molecular weight excluding hydrogens is 322 g/mol. The molecule has 25 heavy (non-hydrogen) atoms. The van der Waals surface area contributed by atoms with Gasteiger partial charge >= 0.3 is 5.69 Å². The molecule has 0 atom stereocenters. The molecule has 2 N–H and O–H groups in total. The molecule has 9 heteroatoms. The van der Waals surface area contributed by atoms with Gasteiger partial charge in [-0.15, -0.1) is 0 Å². The second-order valence-electron chi connectivity index (χ2n) is 6.09. The molecule has 3 aromatic heterocycles. The maximum atomic E-state index is 12.3. The van der Waals surface area contributed by atoms with Crippen LogP contribution in [0.1, 0.15) is 19.4 Å². The third kappa shape index (κ3) is 3.35. The number of nitrogens with one attached hydrogen (secondary N) is 2. The van der Waals surface area contributed by atoms with E-state index in [1.165, 1.54) is 4.57 Å². The molecule has 0 unspecified atom stereocenters. The van der Waals surface area contributed by atoms with Crippen LogP contribution in [0.5, 0.6) is 0 Å². The van der Waals surface area contributed by atoms with Crippen molar-refractivity contribution in [2.45, 2.75) is 20.4 Å². The summed E-state index contributed by atoms with van der Waals surface area (Å²) in [5, 5.41) is 4.16. The summed E-state index contributed by atoms with van der Waals surface area (Å²) in [6.45, 7) is 4.62. The van der Waals surface area contributed by atoms with E-state index in [1.807, 2.05) is 26.0 Å². The first kappa shape index (κ1) is 16.6. The number of aryl methyl sites for hydroxylation is 1. The number of fused-ring (bicyclic) bond motifs is 1. The SMILES string of the molecule is CC(C)Cn1c(N/N=C\c2cccnc2)nc2c1c(=O)[nH]c(=O)n2C. The number of aromatic nitrogens is 5. The minimum atomic E-state index is -0.503. The quantitative estimate of drug-likeness (QED) is 0.530. The average molecular weight is 341 g/mol. The Hall–Kier alpha value is -3.23. The fourth-order valence-electron chi connectivity index (χ4n) is 2.48. The number of nitrogens with zero attached hydrogens (tertiary/aromatic N) is 5. The normalized spacial score (nSPS) is 11.7. The Balaban J connectivity index is 2.06. The van der Waals surface area contributed by atoms with E-state index in [0.29, 0.717) is 23.7 Å². The third-order valence-electron chi connectivity index (χ3n) is 3.62. The number of aromatic amines is 1. The molecule has 0 saturated carbocycles. The van der Waals surface area contributed by atoms with Gasteiger partial charge in [0.2, 0.25) is 5.95 Å². The summed E-state index contributed by atoms with van der Waals surface area (Å²) < 4.78 is 3.04. The molecule has 0 aliphatic rings. The Morgan fingerprint density at radius 2 is 2.20 bits per heavy atom. The molecule has 0 aromatic carbocycles. The zero-order chi connectivity index (χ0) is 18.0. The van der Waals surface area contributed by atoms with Crippen molar-refractivity contribution in [2.24, 2.45) is 18.1 Å². The summed E-state index contributed by atoms with van der Waals surface area (Å²) in [6.07, 6.45) is 4.96. The molecule has 0 fully saturated rings. The van der Waals surface area contributed by atoms with Crippen molar-refractivity contribution < 1.29 is 0 Å². The molecule has 0 spiro atoms. The Morgan fingerprint density at radius 3 is 2.88 bits per heavy atom. The highest BCUT2D eigenvalue weighted by atomic mass is 16.2. The average Bonchev–Trinajstić information content (AvgIpc) is 2.92. The molecule has 0 radical (unpaired) electrons. The van der Waals surface area contributed by atoms with Crippen molar-refractivity contribution in [3.63, 3.8) is 0 Å². The van der Waals surface area contributed by atoms with E-state index in [1.54, 1.807) is 30.2 Å². The summed E-state index contributed by atoms with van der Waals surface area (Å²) in [6, 6.07) is 3.67. The summed E-state index contributed by atoms with van der Waals surface area (Å²) in [7, 11) is 1.57. The highest BCUT2D eigenvalue weighted by molar-refractivity contribution is 5.80. The number of anilines is 1. The lowest BCUT2D eigenvalue weighted by molar-refractivity contribution is 0.535. The summed E-state index contributed by atoms with van der Waals surface area (Å²) >= 11 is 0. The molecule has 9 nitrogen and oxygen atoms in total. The molecule has 3 rings (SSSR count). The Morgan fingerprint density at radius 1 is 1.40 bits per heavy atom. The van der Waals surface area contributed by atoms with Crippen LogP contribution in [0, 0.1) is 5.92 Å². The van der Waals surface area contributed by atoms with Gasteiger partial charge in [0.1, 0.15) is 0 Å². The summed E-state index contributed by atoms with van der Waals surface area (Å²) in [5.74, 6) is 0.674. The summed E-state index contributed by atoms with van der Waals surface area (Å²) in [4.78, 5) is 34.8. The van der Waals surface area contributed by atoms with Crippen molar-refractivity contribution in [2.75, 3.05) is 5.43 Å². The zero-order valence-electron chi connectivity index (χ0n) is 14.2. The Labute approximate surface area is 143 Å². The minimum Gasteiger partial charge on any atom is -0.303 e. The van der Waals surface area contributed by atoms with Crippen molar-refractivity contribution in [1.29, 1.82) is 0 Å². The van der Waals surface area contributed by atoms with Gasteiger partial charge in [-0.2, -0.15) is 10.1 Å². The third-order valence-corrected chi connectivity index (χ3v) is 3.62. The lowest BCUT2D eigenvalue weighted by atomic mass is 10.2. The van der Waals surface area contributed by atoms with Crippen LogP contribution in [0.25, 0.3) is 11.2 Å². The molecule has 0 aliphatic heterocycles. The minimum absolute atomic E-state index is 0.275. The Kier molecular flexibility index (Phi) is 4.46. The number of pyridine rings is 1. The van der Waals surface area contributed by atoms with Crippen LogP contribution < -0.4 is 16.7 Å². The van der Waals surface area contributed by atoms with E-state index in [9.17, 15) is 9.59 Å². The maximum absolute atomic E-state index is 12.3. The van der Waals surface area contributed by atoms with Crippen molar-refractivity contribution in [1.82, 2.24) is 24.1 Å². The van der Waals surface area contributed by atoms with Gasteiger partial charge in [0.15, 0.2) is 11.2 Å². The van der Waals surface area contributed by atoms with Crippen LogP contribution in [0.2, 0.25) is 0 Å². The van der Waals surface area contributed by atoms with Crippen LogP contribution in [-0.4, -0.2) is 30.3 Å². The first-order chi connectivity index (χ1) is 12.0. The topological polar surface area (TPSA) is 110 Å². The fourth-order valence-corrected chi connectivity index (χ4v) is 2.48. The highest BCUT2D eigenvalue weighted by Gasteiger charge is 2.17. The van der Waals surface area contributed by atoms with E-state index in [2.05, 4.69) is 25.5 Å².